The molecule has 5 aromatic carbocycles. The zero-order chi connectivity index (χ0) is 19.2. The second-order valence-corrected chi connectivity index (χ2v) is 8.29. The van der Waals surface area contributed by atoms with Gasteiger partial charge in [-0.2, -0.15) is 0 Å². The number of fused-ring (bicyclic) bond motifs is 6. The molecule has 0 N–H and O–H groups in total. The number of hydrogen-bond donors (Lipinski definition) is 0. The van der Waals surface area contributed by atoms with Crippen molar-refractivity contribution >= 4 is 32.3 Å². The average Bonchev–Trinajstić information content (AvgIpc) is 2.79. The van der Waals surface area contributed by atoms with Gasteiger partial charge in [-0.1, -0.05) is 91.0 Å². The van der Waals surface area contributed by atoms with Gasteiger partial charge in [0, 0.05) is 0 Å². The van der Waals surface area contributed by atoms with Gasteiger partial charge in [0.25, 0.3) is 0 Å². The first kappa shape index (κ1) is 16.8. The molecule has 6 rings (SSSR count). The van der Waals surface area contributed by atoms with Gasteiger partial charge >= 0.3 is 0 Å². The van der Waals surface area contributed by atoms with Crippen LogP contribution in [0.25, 0.3) is 32.3 Å². The van der Waals surface area contributed by atoms with Crippen LogP contribution in [0.2, 0.25) is 0 Å². The lowest BCUT2D eigenvalue weighted by Crippen LogP contribution is -2.11. The van der Waals surface area contributed by atoms with E-state index in [-0.39, 0.29) is 0 Å². The maximum atomic E-state index is 2.48. The van der Waals surface area contributed by atoms with Crippen molar-refractivity contribution in [3.8, 4) is 0 Å². The van der Waals surface area contributed by atoms with Crippen LogP contribution in [0.1, 0.15) is 35.4 Å². The SMILES string of the molecule is [CH](c1ccc2ccccc2c1)C1CCCc2c1ccc1c2ccc2ccccc21. The van der Waals surface area contributed by atoms with Crippen LogP contribution < -0.4 is 0 Å². The maximum absolute atomic E-state index is 2.48. The number of aryl methyl sites for hydroxylation is 1. The Hall–Kier alpha value is -3.12. The Morgan fingerprint density at radius 3 is 2.31 bits per heavy atom. The standard InChI is InChI=1S/C29H23/c1-2-8-23-18-20(12-13-21(23)6-1)19-24-9-5-11-27-26(24)16-17-28-25-10-4-3-7-22(25)14-15-29(27)28/h1-4,6-8,10,12-19,24H,5,9,11H2. The lowest BCUT2D eigenvalue weighted by atomic mass is 9.77. The Labute approximate surface area is 171 Å². The summed E-state index contributed by atoms with van der Waals surface area (Å²) in [6.45, 7) is 0. The summed E-state index contributed by atoms with van der Waals surface area (Å²) in [5.74, 6) is 0.496. The van der Waals surface area contributed by atoms with E-state index in [4.69, 9.17) is 0 Å². The fourth-order valence-corrected chi connectivity index (χ4v) is 5.17. The molecule has 0 amide bonds. The van der Waals surface area contributed by atoms with Gasteiger partial charge in [-0.05, 0) is 80.6 Å². The third-order valence-electron chi connectivity index (χ3n) is 6.58. The first-order valence-electron chi connectivity index (χ1n) is 10.6. The van der Waals surface area contributed by atoms with Crippen LogP contribution in [0.5, 0.6) is 0 Å². The molecule has 1 aliphatic rings. The lowest BCUT2D eigenvalue weighted by Gasteiger charge is -2.27. The summed E-state index contributed by atoms with van der Waals surface area (Å²) in [4.78, 5) is 0. The lowest BCUT2D eigenvalue weighted by molar-refractivity contribution is 0.612. The van der Waals surface area contributed by atoms with E-state index >= 15 is 0 Å². The predicted octanol–water partition coefficient (Wildman–Crippen LogP) is 7.82. The molecule has 0 heteroatoms. The predicted molar refractivity (Wildman–Crippen MR) is 124 cm³/mol. The van der Waals surface area contributed by atoms with Gasteiger partial charge in [-0.15, -0.1) is 0 Å². The molecular formula is C29H23. The van der Waals surface area contributed by atoms with Crippen LogP contribution in [0.3, 0.4) is 0 Å². The van der Waals surface area contributed by atoms with Crippen LogP contribution in [0.4, 0.5) is 0 Å². The molecule has 0 nitrogen and oxygen atoms in total. The molecule has 0 spiro atoms. The van der Waals surface area contributed by atoms with Crippen molar-refractivity contribution in [3.63, 3.8) is 0 Å². The molecule has 0 bridgehead atoms. The zero-order valence-corrected chi connectivity index (χ0v) is 16.4. The van der Waals surface area contributed by atoms with Crippen molar-refractivity contribution in [2.75, 3.05) is 0 Å². The normalized spacial score (nSPS) is 16.3. The molecule has 0 heterocycles. The van der Waals surface area contributed by atoms with Crippen molar-refractivity contribution in [1.29, 1.82) is 0 Å². The summed E-state index contributed by atoms with van der Waals surface area (Å²) in [6, 6.07) is 33.6. The fraction of sp³-hybridized carbons (Fsp3) is 0.138. The van der Waals surface area contributed by atoms with Gasteiger partial charge in [0.15, 0.2) is 0 Å². The molecule has 0 aromatic heterocycles. The topological polar surface area (TPSA) is 0 Å². The number of hydrogen-bond acceptors (Lipinski definition) is 0. The van der Waals surface area contributed by atoms with Crippen molar-refractivity contribution in [1.82, 2.24) is 0 Å². The summed E-state index contributed by atoms with van der Waals surface area (Å²) in [6.07, 6.45) is 6.16. The molecule has 1 atom stereocenters. The molecule has 1 unspecified atom stereocenters. The fourth-order valence-electron chi connectivity index (χ4n) is 5.17. The second-order valence-electron chi connectivity index (χ2n) is 8.29. The minimum absolute atomic E-state index is 0.496. The van der Waals surface area contributed by atoms with E-state index in [1.807, 2.05) is 0 Å². The van der Waals surface area contributed by atoms with Gasteiger partial charge < -0.3 is 0 Å². The van der Waals surface area contributed by atoms with Crippen LogP contribution in [0, 0.1) is 6.42 Å². The third-order valence-corrected chi connectivity index (χ3v) is 6.58. The van der Waals surface area contributed by atoms with E-state index in [1.165, 1.54) is 62.7 Å². The molecule has 0 saturated heterocycles. The van der Waals surface area contributed by atoms with Crippen LogP contribution in [0.15, 0.2) is 91.0 Å². The molecule has 5 aromatic rings. The molecule has 29 heavy (non-hydrogen) atoms. The average molecular weight is 372 g/mol. The van der Waals surface area contributed by atoms with E-state index in [9.17, 15) is 0 Å². The number of rotatable bonds is 2. The third kappa shape index (κ3) is 2.83. The first-order valence-corrected chi connectivity index (χ1v) is 10.6. The van der Waals surface area contributed by atoms with E-state index < -0.39 is 0 Å². The molecule has 0 fully saturated rings. The monoisotopic (exact) mass is 371 g/mol. The van der Waals surface area contributed by atoms with E-state index in [1.54, 1.807) is 5.56 Å². The van der Waals surface area contributed by atoms with Gasteiger partial charge in [-0.25, -0.2) is 0 Å². The van der Waals surface area contributed by atoms with Crippen molar-refractivity contribution < 1.29 is 0 Å². The van der Waals surface area contributed by atoms with E-state index in [0.29, 0.717) is 5.92 Å². The zero-order valence-electron chi connectivity index (χ0n) is 16.4. The van der Waals surface area contributed by atoms with Gasteiger partial charge in [-0.3, -0.25) is 0 Å². The minimum Gasteiger partial charge on any atom is -0.0616 e. The van der Waals surface area contributed by atoms with Crippen molar-refractivity contribution in [2.45, 2.75) is 25.2 Å². The largest absolute Gasteiger partial charge is 0.0616 e. The summed E-state index contributed by atoms with van der Waals surface area (Å²) >= 11 is 0. The van der Waals surface area contributed by atoms with Crippen LogP contribution in [-0.4, -0.2) is 0 Å². The summed E-state index contributed by atoms with van der Waals surface area (Å²) in [5.41, 5.74) is 4.41. The van der Waals surface area contributed by atoms with Crippen LogP contribution in [-0.2, 0) is 6.42 Å². The minimum atomic E-state index is 0.496. The first-order chi connectivity index (χ1) is 14.4. The van der Waals surface area contributed by atoms with E-state index in [2.05, 4.69) is 97.4 Å². The van der Waals surface area contributed by atoms with Crippen molar-refractivity contribution in [3.05, 3.63) is 114 Å². The van der Waals surface area contributed by atoms with Gasteiger partial charge in [0.2, 0.25) is 0 Å². The Balaban J connectivity index is 1.44. The highest BCUT2D eigenvalue weighted by Crippen LogP contribution is 2.40. The molecule has 0 saturated carbocycles. The summed E-state index contributed by atoms with van der Waals surface area (Å²) in [7, 11) is 0. The molecule has 1 radical (unpaired) electrons. The Bertz CT molecular complexity index is 1360. The Kier molecular flexibility index (Phi) is 3.90. The van der Waals surface area contributed by atoms with Gasteiger partial charge in [0.1, 0.15) is 0 Å². The summed E-state index contributed by atoms with van der Waals surface area (Å²) < 4.78 is 0. The van der Waals surface area contributed by atoms with Gasteiger partial charge in [0.05, 0.1) is 0 Å². The molecule has 1 aliphatic carbocycles. The summed E-state index contributed by atoms with van der Waals surface area (Å²) in [5, 5.41) is 8.17. The second kappa shape index (κ2) is 6.74. The maximum Gasteiger partial charge on any atom is -0.00180 e. The van der Waals surface area contributed by atoms with Crippen LogP contribution >= 0.6 is 0 Å². The van der Waals surface area contributed by atoms with E-state index in [0.717, 1.165) is 0 Å². The molecule has 139 valence electrons. The number of benzene rings is 5. The Morgan fingerprint density at radius 1 is 0.621 bits per heavy atom. The smallest absolute Gasteiger partial charge is 0.00180 e. The Morgan fingerprint density at radius 2 is 1.38 bits per heavy atom. The molecular weight excluding hydrogens is 348 g/mol. The highest BCUT2D eigenvalue weighted by molar-refractivity contribution is 6.08. The highest BCUT2D eigenvalue weighted by atomic mass is 14.3. The van der Waals surface area contributed by atoms with Crippen molar-refractivity contribution in [2.24, 2.45) is 0 Å². The molecule has 0 aliphatic heterocycles. The highest BCUT2D eigenvalue weighted by Gasteiger charge is 2.23. The quantitative estimate of drug-likeness (QED) is 0.277.